The number of nitrogens with zero attached hydrogens (tertiary/aromatic N) is 3. The van der Waals surface area contributed by atoms with Crippen molar-refractivity contribution >= 4 is 12.7 Å². The highest BCUT2D eigenvalue weighted by Gasteiger charge is 2.36. The fourth-order valence-corrected chi connectivity index (χ4v) is 1.19. The van der Waals surface area contributed by atoms with Gasteiger partial charge in [-0.3, -0.25) is 10.3 Å². The van der Waals surface area contributed by atoms with E-state index in [1.807, 2.05) is 0 Å². The van der Waals surface area contributed by atoms with Crippen LogP contribution in [0.5, 0.6) is 0 Å². The van der Waals surface area contributed by atoms with E-state index in [0.717, 1.165) is 5.70 Å². The molecule has 1 unspecified atom stereocenters. The van der Waals surface area contributed by atoms with Crippen LogP contribution >= 0.6 is 0 Å². The minimum absolute atomic E-state index is 0.601. The number of hydrogen-bond donors (Lipinski definition) is 3. The van der Waals surface area contributed by atoms with Gasteiger partial charge in [-0.05, 0) is 7.05 Å². The third-order valence-corrected chi connectivity index (χ3v) is 1.87. The van der Waals surface area contributed by atoms with Gasteiger partial charge in [-0.1, -0.05) is 0 Å². The molecule has 6 heteroatoms. The van der Waals surface area contributed by atoms with E-state index in [0.29, 0.717) is 0 Å². The molecule has 0 saturated heterocycles. The molecule has 0 fully saturated rings. The van der Waals surface area contributed by atoms with Crippen molar-refractivity contribution in [2.24, 2.45) is 15.8 Å². The third kappa shape index (κ3) is 0.821. The van der Waals surface area contributed by atoms with Crippen molar-refractivity contribution < 1.29 is 0 Å². The Bertz CT molecular complexity index is 280. The third-order valence-electron chi connectivity index (χ3n) is 1.87. The topological polar surface area (TPSA) is 78.0 Å². The first-order valence-electron chi connectivity index (χ1n) is 3.57. The molecule has 0 aromatic heterocycles. The van der Waals surface area contributed by atoms with Gasteiger partial charge in [-0.2, -0.15) is 0 Å². The number of rotatable bonds is 1. The van der Waals surface area contributed by atoms with Gasteiger partial charge in [-0.15, -0.1) is 0 Å². The van der Waals surface area contributed by atoms with Crippen LogP contribution in [0, 0.1) is 0 Å². The van der Waals surface area contributed by atoms with Gasteiger partial charge in [0.05, 0.1) is 6.34 Å². The van der Waals surface area contributed by atoms with E-state index in [1.54, 1.807) is 19.6 Å². The quantitative estimate of drug-likeness (QED) is 0.416. The minimum atomic E-state index is -0.601. The highest BCUT2D eigenvalue weighted by molar-refractivity contribution is 5.68. The summed E-state index contributed by atoms with van der Waals surface area (Å²) in [5.41, 5.74) is 0.759. The normalized spacial score (nSPS) is 31.5. The van der Waals surface area contributed by atoms with E-state index in [2.05, 4.69) is 20.6 Å². The van der Waals surface area contributed by atoms with Gasteiger partial charge in [0, 0.05) is 6.20 Å². The minimum Gasteiger partial charge on any atom is -0.335 e. The Morgan fingerprint density at radius 3 is 3.33 bits per heavy atom. The molecule has 0 aromatic carbocycles. The van der Waals surface area contributed by atoms with Crippen LogP contribution in [0.3, 0.4) is 0 Å². The summed E-state index contributed by atoms with van der Waals surface area (Å²) >= 11 is 0. The van der Waals surface area contributed by atoms with Gasteiger partial charge in [0.2, 0.25) is 5.79 Å². The average Bonchev–Trinajstić information content (AvgIpc) is 2.48. The lowest BCUT2D eigenvalue weighted by Gasteiger charge is -2.29. The molecular weight excluding hydrogens is 156 g/mol. The summed E-state index contributed by atoms with van der Waals surface area (Å²) < 4.78 is 0. The Balaban J connectivity index is 2.37. The van der Waals surface area contributed by atoms with E-state index in [1.165, 1.54) is 11.3 Å². The number of nitrogens with one attached hydrogen (secondary N) is 2. The van der Waals surface area contributed by atoms with E-state index in [9.17, 15) is 0 Å². The lowest BCUT2D eigenvalue weighted by atomic mass is 10.2. The number of likely N-dealkylation sites (N-methyl/N-ethyl adjacent to an activating group) is 1. The Labute approximate surface area is 69.8 Å². The summed E-state index contributed by atoms with van der Waals surface area (Å²) in [5, 5.41) is 7.38. The lowest BCUT2D eigenvalue weighted by molar-refractivity contribution is 0.389. The molecule has 12 heavy (non-hydrogen) atoms. The molecule has 0 saturated carbocycles. The molecule has 4 N–H and O–H groups in total. The van der Waals surface area contributed by atoms with Crippen molar-refractivity contribution in [2.75, 3.05) is 7.05 Å². The smallest absolute Gasteiger partial charge is 0.232 e. The maximum atomic E-state index is 5.48. The second-order valence-electron chi connectivity index (χ2n) is 2.57. The predicted molar refractivity (Wildman–Crippen MR) is 46.0 cm³/mol. The highest BCUT2D eigenvalue weighted by Crippen LogP contribution is 2.22. The number of hydrazine groups is 1. The maximum absolute atomic E-state index is 5.48. The fraction of sp³-hybridized carbons (Fsp3) is 0.333. The summed E-state index contributed by atoms with van der Waals surface area (Å²) in [6.07, 6.45) is 4.83. The Hall–Kier alpha value is -1.40. The molecule has 2 rings (SSSR count). The van der Waals surface area contributed by atoms with Crippen molar-refractivity contribution in [3.05, 3.63) is 11.9 Å². The maximum Gasteiger partial charge on any atom is 0.232 e. The molecule has 2 aliphatic heterocycles. The molecule has 0 aliphatic carbocycles. The summed E-state index contributed by atoms with van der Waals surface area (Å²) in [6, 6.07) is 0. The van der Waals surface area contributed by atoms with Crippen molar-refractivity contribution in [2.45, 2.75) is 5.79 Å². The lowest BCUT2D eigenvalue weighted by Crippen LogP contribution is -2.54. The van der Waals surface area contributed by atoms with Gasteiger partial charge < -0.3 is 5.32 Å². The van der Waals surface area contributed by atoms with Crippen LogP contribution in [-0.2, 0) is 0 Å². The number of nitrogens with two attached hydrogens (primary N) is 1. The second kappa shape index (κ2) is 2.29. The summed E-state index contributed by atoms with van der Waals surface area (Å²) in [6.45, 7) is 0. The first-order chi connectivity index (χ1) is 5.77. The molecule has 64 valence electrons. The number of hydrogen-bond acceptors (Lipinski definition) is 6. The summed E-state index contributed by atoms with van der Waals surface area (Å²) in [5.74, 6) is 4.88. The van der Waals surface area contributed by atoms with E-state index < -0.39 is 5.79 Å². The van der Waals surface area contributed by atoms with Crippen molar-refractivity contribution in [1.82, 2.24) is 15.6 Å². The first-order valence-corrected chi connectivity index (χ1v) is 3.57. The number of aliphatic imine (C=N–C) groups is 2. The summed E-state index contributed by atoms with van der Waals surface area (Å²) in [4.78, 5) is 8.26. The molecule has 2 heterocycles. The molecule has 0 bridgehead atoms. The Morgan fingerprint density at radius 1 is 1.75 bits per heavy atom. The molecule has 2 aliphatic rings. The highest BCUT2D eigenvalue weighted by atomic mass is 15.5. The van der Waals surface area contributed by atoms with Gasteiger partial charge in [-0.25, -0.2) is 15.8 Å². The van der Waals surface area contributed by atoms with Crippen LogP contribution in [0.2, 0.25) is 0 Å². The molecule has 6 nitrogen and oxygen atoms in total. The van der Waals surface area contributed by atoms with E-state index in [4.69, 9.17) is 5.84 Å². The standard InChI is InChI=1S/C6H10N6/c1-8-6-5(9-3-10-6)2-12(7)4-11-6/h2-4,8H,7H2,1H3,(H,9,10). The van der Waals surface area contributed by atoms with Crippen molar-refractivity contribution in [1.29, 1.82) is 0 Å². The number of fused-ring (bicyclic) bond motifs is 1. The largest absolute Gasteiger partial charge is 0.335 e. The second-order valence-corrected chi connectivity index (χ2v) is 2.57. The zero-order chi connectivity index (χ0) is 8.60. The zero-order valence-corrected chi connectivity index (χ0v) is 6.65. The molecule has 0 amide bonds. The van der Waals surface area contributed by atoms with Crippen LogP contribution < -0.4 is 16.5 Å². The van der Waals surface area contributed by atoms with Crippen LogP contribution in [0.25, 0.3) is 0 Å². The van der Waals surface area contributed by atoms with Gasteiger partial charge >= 0.3 is 0 Å². The molecule has 0 spiro atoms. The van der Waals surface area contributed by atoms with E-state index in [-0.39, 0.29) is 0 Å². The molecular formula is C6H10N6. The average molecular weight is 166 g/mol. The van der Waals surface area contributed by atoms with Gasteiger partial charge in [0.25, 0.3) is 0 Å². The van der Waals surface area contributed by atoms with E-state index >= 15 is 0 Å². The van der Waals surface area contributed by atoms with Crippen LogP contribution in [0.15, 0.2) is 21.9 Å². The van der Waals surface area contributed by atoms with Gasteiger partial charge in [0.15, 0.2) is 0 Å². The molecule has 0 radical (unpaired) electrons. The van der Waals surface area contributed by atoms with Crippen LogP contribution in [-0.4, -0.2) is 30.5 Å². The van der Waals surface area contributed by atoms with Crippen molar-refractivity contribution in [3.8, 4) is 0 Å². The fourth-order valence-electron chi connectivity index (χ4n) is 1.19. The predicted octanol–water partition coefficient (Wildman–Crippen LogP) is -1.45. The zero-order valence-electron chi connectivity index (χ0n) is 6.65. The van der Waals surface area contributed by atoms with Crippen LogP contribution in [0.4, 0.5) is 0 Å². The molecule has 0 aromatic rings. The Kier molecular flexibility index (Phi) is 1.39. The monoisotopic (exact) mass is 166 g/mol. The summed E-state index contributed by atoms with van der Waals surface area (Å²) in [7, 11) is 1.80. The van der Waals surface area contributed by atoms with Crippen LogP contribution in [0.1, 0.15) is 0 Å². The SMILES string of the molecule is CNC12N=CN(N)C=C1N=CN2. The first kappa shape index (κ1) is 7.26. The van der Waals surface area contributed by atoms with Crippen molar-refractivity contribution in [3.63, 3.8) is 0 Å². The van der Waals surface area contributed by atoms with Gasteiger partial charge in [0.1, 0.15) is 12.0 Å². The molecule has 1 atom stereocenters. The Morgan fingerprint density at radius 2 is 2.58 bits per heavy atom.